The van der Waals surface area contributed by atoms with Crippen molar-refractivity contribution >= 4 is 27.5 Å². The molecule has 2 aromatic heterocycles. The zero-order chi connectivity index (χ0) is 38.8. The van der Waals surface area contributed by atoms with Crippen LogP contribution >= 0.6 is 0 Å². The zero-order valence-corrected chi connectivity index (χ0v) is 32.5. The van der Waals surface area contributed by atoms with Crippen molar-refractivity contribution in [3.8, 4) is 67.5 Å². The first kappa shape index (κ1) is 34.1. The molecule has 11 rings (SSSR count). The number of benzene rings is 7. The maximum Gasteiger partial charge on any atom is 0.164 e. The van der Waals surface area contributed by atoms with Gasteiger partial charge >= 0.3 is 0 Å². The van der Waals surface area contributed by atoms with Gasteiger partial charge < -0.3 is 4.57 Å². The Morgan fingerprint density at radius 3 is 1.79 bits per heavy atom. The quantitative estimate of drug-likeness (QED) is 0.170. The molecule has 0 N–H and O–H groups in total. The lowest BCUT2D eigenvalue weighted by Crippen LogP contribution is -2.15. The van der Waals surface area contributed by atoms with Crippen LogP contribution in [0.4, 0.5) is 0 Å². The normalized spacial score (nSPS) is 14.1. The maximum absolute atomic E-state index is 5.27. The molecular weight excluding hydrogens is 705 g/mol. The molecule has 2 aliphatic carbocycles. The highest BCUT2D eigenvalue weighted by Crippen LogP contribution is 2.49. The summed E-state index contributed by atoms with van der Waals surface area (Å²) < 4.78 is 2.46. The second-order valence-electron chi connectivity index (χ2n) is 15.9. The molecule has 0 fully saturated rings. The standard InChI is InChI=1S/C54H40N4/c1-54(2)46-23-13-12-21-43(46)44-31-29-39(33-47(44)54)52-55-51(38-17-8-4-9-18-38)56-53(57-52)40-30-32-45-49(34-40)58(41-19-10-5-11-20-41)48-24-14-22-42(50(45)48)37-27-25-36(26-28-37)35-15-6-3-7-16-35/h3-10,12-19,21-34H,11,20H2,1-2H3. The molecule has 0 radical (unpaired) electrons. The average molecular weight is 745 g/mol. The van der Waals surface area contributed by atoms with Gasteiger partial charge in [0.25, 0.3) is 0 Å². The number of hydrogen-bond donors (Lipinski definition) is 0. The highest BCUT2D eigenvalue weighted by Gasteiger charge is 2.35. The fraction of sp³-hybridized carbons (Fsp3) is 0.0926. The van der Waals surface area contributed by atoms with E-state index in [1.165, 1.54) is 66.5 Å². The van der Waals surface area contributed by atoms with E-state index in [1.54, 1.807) is 0 Å². The summed E-state index contributed by atoms with van der Waals surface area (Å²) in [5.41, 5.74) is 16.4. The fourth-order valence-electron chi connectivity index (χ4n) is 9.20. The Balaban J connectivity index is 1.09. The molecule has 0 unspecified atom stereocenters. The van der Waals surface area contributed by atoms with Crippen LogP contribution in [-0.4, -0.2) is 19.5 Å². The summed E-state index contributed by atoms with van der Waals surface area (Å²) in [7, 11) is 0. The number of hydrogen-bond acceptors (Lipinski definition) is 3. The summed E-state index contributed by atoms with van der Waals surface area (Å²) in [4.78, 5) is 15.6. The Morgan fingerprint density at radius 1 is 0.466 bits per heavy atom. The van der Waals surface area contributed by atoms with Crippen molar-refractivity contribution in [3.05, 3.63) is 193 Å². The SMILES string of the molecule is CC1(C)c2ccccc2-c2ccc(-c3nc(-c4ccccc4)nc(-c4ccc5c6c(-c7ccc(-c8ccccc8)cc7)cccc6n(C6=CC=CCC6)c5c4)n3)cc21. The molecule has 0 bridgehead atoms. The molecule has 0 aliphatic heterocycles. The Bertz CT molecular complexity index is 3110. The number of allylic oxidation sites excluding steroid dienone is 4. The first-order valence-corrected chi connectivity index (χ1v) is 20.2. The highest BCUT2D eigenvalue weighted by atomic mass is 15.0. The third kappa shape index (κ3) is 5.55. The van der Waals surface area contributed by atoms with E-state index in [0.717, 1.165) is 35.0 Å². The van der Waals surface area contributed by atoms with Crippen molar-refractivity contribution in [2.75, 3.05) is 0 Å². The lowest BCUT2D eigenvalue weighted by Gasteiger charge is -2.21. The van der Waals surface area contributed by atoms with E-state index in [4.69, 9.17) is 15.0 Å². The van der Waals surface area contributed by atoms with Gasteiger partial charge in [-0.3, -0.25) is 0 Å². The van der Waals surface area contributed by atoms with Gasteiger partial charge in [-0.2, -0.15) is 0 Å². The van der Waals surface area contributed by atoms with Crippen molar-refractivity contribution in [2.45, 2.75) is 32.1 Å². The van der Waals surface area contributed by atoms with Crippen LogP contribution in [0, 0.1) is 0 Å². The second kappa shape index (κ2) is 13.5. The Labute approximate surface area is 338 Å². The molecular formula is C54H40N4. The highest BCUT2D eigenvalue weighted by molar-refractivity contribution is 6.17. The van der Waals surface area contributed by atoms with Crippen LogP contribution in [0.1, 0.15) is 37.8 Å². The van der Waals surface area contributed by atoms with Crippen LogP contribution in [0.15, 0.2) is 182 Å². The monoisotopic (exact) mass is 744 g/mol. The first-order valence-electron chi connectivity index (χ1n) is 20.2. The van der Waals surface area contributed by atoms with Crippen molar-refractivity contribution in [1.29, 1.82) is 0 Å². The van der Waals surface area contributed by atoms with Gasteiger partial charge in [0, 0.05) is 38.6 Å². The zero-order valence-electron chi connectivity index (χ0n) is 32.5. The van der Waals surface area contributed by atoms with E-state index in [0.29, 0.717) is 17.5 Å². The molecule has 0 saturated heterocycles. The van der Waals surface area contributed by atoms with Gasteiger partial charge in [0.15, 0.2) is 17.5 Å². The van der Waals surface area contributed by atoms with Crippen molar-refractivity contribution in [3.63, 3.8) is 0 Å². The maximum atomic E-state index is 5.27. The molecule has 58 heavy (non-hydrogen) atoms. The molecule has 0 spiro atoms. The Kier molecular flexibility index (Phi) is 7.94. The molecule has 2 heterocycles. The first-order chi connectivity index (χ1) is 28.5. The van der Waals surface area contributed by atoms with Crippen LogP contribution in [-0.2, 0) is 5.41 Å². The molecule has 276 valence electrons. The minimum Gasteiger partial charge on any atom is -0.313 e. The molecule has 0 atom stereocenters. The predicted octanol–water partition coefficient (Wildman–Crippen LogP) is 13.8. The van der Waals surface area contributed by atoms with Crippen LogP contribution in [0.2, 0.25) is 0 Å². The minimum absolute atomic E-state index is 0.135. The van der Waals surface area contributed by atoms with Gasteiger partial charge in [0.1, 0.15) is 0 Å². The molecule has 4 heteroatoms. The molecule has 4 nitrogen and oxygen atoms in total. The third-order valence-corrected chi connectivity index (χ3v) is 12.1. The molecule has 0 amide bonds. The van der Waals surface area contributed by atoms with E-state index in [2.05, 4.69) is 182 Å². The van der Waals surface area contributed by atoms with Crippen molar-refractivity contribution in [1.82, 2.24) is 19.5 Å². The van der Waals surface area contributed by atoms with E-state index >= 15 is 0 Å². The molecule has 9 aromatic rings. The number of fused-ring (bicyclic) bond motifs is 6. The van der Waals surface area contributed by atoms with Gasteiger partial charge in [0.05, 0.1) is 11.0 Å². The largest absolute Gasteiger partial charge is 0.313 e. The van der Waals surface area contributed by atoms with Crippen LogP contribution in [0.3, 0.4) is 0 Å². The van der Waals surface area contributed by atoms with E-state index < -0.39 is 0 Å². The average Bonchev–Trinajstić information content (AvgIpc) is 3.75. The van der Waals surface area contributed by atoms with Crippen LogP contribution < -0.4 is 0 Å². The topological polar surface area (TPSA) is 43.6 Å². The second-order valence-corrected chi connectivity index (χ2v) is 15.9. The number of aromatic nitrogens is 4. The van der Waals surface area contributed by atoms with Crippen molar-refractivity contribution < 1.29 is 0 Å². The molecule has 2 aliphatic rings. The van der Waals surface area contributed by atoms with Gasteiger partial charge in [-0.1, -0.05) is 172 Å². The molecule has 7 aromatic carbocycles. The minimum atomic E-state index is -0.135. The summed E-state index contributed by atoms with van der Waals surface area (Å²) in [6, 6.07) is 58.7. The molecule has 0 saturated carbocycles. The number of rotatable bonds is 6. The Morgan fingerprint density at radius 2 is 1.05 bits per heavy atom. The summed E-state index contributed by atoms with van der Waals surface area (Å²) in [5, 5.41) is 2.45. The lowest BCUT2D eigenvalue weighted by molar-refractivity contribution is 0.660. The predicted molar refractivity (Wildman–Crippen MR) is 240 cm³/mol. The fourth-order valence-corrected chi connectivity index (χ4v) is 9.20. The van der Waals surface area contributed by atoms with Gasteiger partial charge in [-0.15, -0.1) is 0 Å². The lowest BCUT2D eigenvalue weighted by atomic mass is 9.82. The van der Waals surface area contributed by atoms with Crippen molar-refractivity contribution in [2.24, 2.45) is 0 Å². The van der Waals surface area contributed by atoms with Crippen LogP contribution in [0.25, 0.3) is 95.0 Å². The smallest absolute Gasteiger partial charge is 0.164 e. The summed E-state index contributed by atoms with van der Waals surface area (Å²) in [5.74, 6) is 1.98. The summed E-state index contributed by atoms with van der Waals surface area (Å²) in [6.07, 6.45) is 8.67. The van der Waals surface area contributed by atoms with Gasteiger partial charge in [-0.25, -0.2) is 15.0 Å². The van der Waals surface area contributed by atoms with E-state index in [-0.39, 0.29) is 5.41 Å². The van der Waals surface area contributed by atoms with Gasteiger partial charge in [0.2, 0.25) is 0 Å². The van der Waals surface area contributed by atoms with E-state index in [1.807, 2.05) is 18.2 Å². The third-order valence-electron chi connectivity index (χ3n) is 12.1. The van der Waals surface area contributed by atoms with E-state index in [9.17, 15) is 0 Å². The van der Waals surface area contributed by atoms with Gasteiger partial charge in [-0.05, 0) is 81.6 Å². The summed E-state index contributed by atoms with van der Waals surface area (Å²) in [6.45, 7) is 4.62. The summed E-state index contributed by atoms with van der Waals surface area (Å²) >= 11 is 0. The number of nitrogens with zero attached hydrogens (tertiary/aromatic N) is 4. The van der Waals surface area contributed by atoms with Crippen LogP contribution in [0.5, 0.6) is 0 Å². The Hall–Kier alpha value is -7.17.